The highest BCUT2D eigenvalue weighted by molar-refractivity contribution is 7.99. The number of halogens is 1. The Morgan fingerprint density at radius 2 is 2.20 bits per heavy atom. The van der Waals surface area contributed by atoms with Gasteiger partial charge in [-0.3, -0.25) is 0 Å². The van der Waals surface area contributed by atoms with E-state index in [2.05, 4.69) is 0 Å². The highest BCUT2D eigenvalue weighted by Gasteiger charge is 2.10. The van der Waals surface area contributed by atoms with E-state index in [4.69, 9.17) is 15.9 Å². The summed E-state index contributed by atoms with van der Waals surface area (Å²) in [4.78, 5) is 0.451. The molecule has 1 unspecified atom stereocenters. The number of aliphatic hydroxyl groups excluding tert-OH is 2. The molecule has 0 aromatic heterocycles. The lowest BCUT2D eigenvalue weighted by Crippen LogP contribution is -2.15. The average Bonchev–Trinajstić information content (AvgIpc) is 2.26. The molecule has 0 saturated carbocycles. The molecule has 1 aromatic carbocycles. The molecule has 15 heavy (non-hydrogen) atoms. The minimum absolute atomic E-state index is 0.254. The van der Waals surface area contributed by atoms with Crippen molar-refractivity contribution in [3.8, 4) is 0 Å². The van der Waals surface area contributed by atoms with Gasteiger partial charge in [0.2, 0.25) is 0 Å². The Morgan fingerprint density at radius 1 is 1.47 bits per heavy atom. The van der Waals surface area contributed by atoms with Crippen molar-refractivity contribution in [1.29, 1.82) is 0 Å². The van der Waals surface area contributed by atoms with Crippen LogP contribution in [0.4, 0.5) is 4.39 Å². The molecule has 0 aliphatic heterocycles. The van der Waals surface area contributed by atoms with Crippen molar-refractivity contribution in [2.24, 2.45) is 5.73 Å². The molecule has 4 N–H and O–H groups in total. The molecule has 3 nitrogen and oxygen atoms in total. The number of nitrogens with two attached hydrogens (primary N) is 1. The van der Waals surface area contributed by atoms with Gasteiger partial charge in [0.25, 0.3) is 0 Å². The minimum Gasteiger partial charge on any atom is -0.394 e. The van der Waals surface area contributed by atoms with Gasteiger partial charge in [-0.15, -0.1) is 11.8 Å². The van der Waals surface area contributed by atoms with Crippen molar-refractivity contribution in [2.75, 3.05) is 12.4 Å². The Morgan fingerprint density at radius 3 is 2.80 bits per heavy atom. The first-order valence-electron chi connectivity index (χ1n) is 4.58. The van der Waals surface area contributed by atoms with Crippen molar-refractivity contribution >= 4 is 11.8 Å². The molecule has 5 heteroatoms. The van der Waals surface area contributed by atoms with Crippen LogP contribution in [-0.2, 0) is 6.54 Å². The van der Waals surface area contributed by atoms with Gasteiger partial charge in [-0.05, 0) is 11.6 Å². The molecule has 84 valence electrons. The van der Waals surface area contributed by atoms with E-state index >= 15 is 0 Å². The van der Waals surface area contributed by atoms with Crippen LogP contribution in [0.2, 0.25) is 0 Å². The summed E-state index contributed by atoms with van der Waals surface area (Å²) in [5.41, 5.74) is 6.18. The molecule has 0 heterocycles. The summed E-state index contributed by atoms with van der Waals surface area (Å²) in [6, 6.07) is 4.70. The van der Waals surface area contributed by atoms with Crippen LogP contribution in [0, 0.1) is 5.82 Å². The first-order valence-corrected chi connectivity index (χ1v) is 5.56. The molecular formula is C10H14FNO2S. The van der Waals surface area contributed by atoms with Crippen molar-refractivity contribution in [1.82, 2.24) is 0 Å². The van der Waals surface area contributed by atoms with Gasteiger partial charge in [-0.2, -0.15) is 0 Å². The Kier molecular flexibility index (Phi) is 5.04. The molecule has 0 radical (unpaired) electrons. The zero-order chi connectivity index (χ0) is 11.3. The van der Waals surface area contributed by atoms with E-state index in [1.807, 2.05) is 0 Å². The fraction of sp³-hybridized carbons (Fsp3) is 0.400. The van der Waals surface area contributed by atoms with Crippen LogP contribution in [0.3, 0.4) is 0 Å². The standard InChI is InChI=1S/C10H14FNO2S/c11-9-3-1-2-7(4-12)10(9)15-6-8(14)5-13/h1-3,8,13-14H,4-6,12H2. The summed E-state index contributed by atoms with van der Waals surface area (Å²) in [7, 11) is 0. The molecule has 0 saturated heterocycles. The van der Waals surface area contributed by atoms with E-state index in [-0.39, 0.29) is 24.7 Å². The molecule has 1 rings (SSSR count). The maximum absolute atomic E-state index is 13.4. The van der Waals surface area contributed by atoms with Gasteiger partial charge in [-0.25, -0.2) is 4.39 Å². The summed E-state index contributed by atoms with van der Waals surface area (Å²) in [6.07, 6.45) is -0.833. The third-order valence-corrected chi connectivity index (χ3v) is 3.20. The second kappa shape index (κ2) is 6.07. The maximum Gasteiger partial charge on any atom is 0.137 e. The van der Waals surface area contributed by atoms with Gasteiger partial charge in [-0.1, -0.05) is 12.1 Å². The van der Waals surface area contributed by atoms with Crippen LogP contribution in [0.1, 0.15) is 5.56 Å². The molecule has 0 fully saturated rings. The van der Waals surface area contributed by atoms with E-state index < -0.39 is 6.10 Å². The number of benzene rings is 1. The monoisotopic (exact) mass is 231 g/mol. The van der Waals surface area contributed by atoms with Crippen LogP contribution in [0.15, 0.2) is 23.1 Å². The van der Waals surface area contributed by atoms with E-state index in [1.54, 1.807) is 12.1 Å². The van der Waals surface area contributed by atoms with E-state index in [9.17, 15) is 4.39 Å². The molecule has 0 bridgehead atoms. The Hall–Kier alpha value is -0.620. The fourth-order valence-corrected chi connectivity index (χ4v) is 2.12. The average molecular weight is 231 g/mol. The zero-order valence-corrected chi connectivity index (χ0v) is 9.01. The van der Waals surface area contributed by atoms with Crippen molar-refractivity contribution in [3.63, 3.8) is 0 Å². The van der Waals surface area contributed by atoms with Crippen LogP contribution in [0.25, 0.3) is 0 Å². The third-order valence-electron chi connectivity index (χ3n) is 1.90. The molecule has 0 aliphatic carbocycles. The van der Waals surface area contributed by atoms with Crippen LogP contribution >= 0.6 is 11.8 Å². The molecule has 0 aliphatic rings. The first kappa shape index (κ1) is 12.4. The van der Waals surface area contributed by atoms with Gasteiger partial charge in [0.05, 0.1) is 12.7 Å². The normalized spacial score (nSPS) is 12.8. The second-order valence-electron chi connectivity index (χ2n) is 3.08. The van der Waals surface area contributed by atoms with Crippen LogP contribution in [0.5, 0.6) is 0 Å². The summed E-state index contributed by atoms with van der Waals surface area (Å²) < 4.78 is 13.4. The number of aliphatic hydroxyl groups is 2. The van der Waals surface area contributed by atoms with Crippen molar-refractivity contribution < 1.29 is 14.6 Å². The minimum atomic E-state index is -0.833. The highest BCUT2D eigenvalue weighted by atomic mass is 32.2. The largest absolute Gasteiger partial charge is 0.394 e. The van der Waals surface area contributed by atoms with Crippen molar-refractivity contribution in [2.45, 2.75) is 17.5 Å². The summed E-state index contributed by atoms with van der Waals surface area (Å²) in [5.74, 6) is -0.0853. The van der Waals surface area contributed by atoms with Gasteiger partial charge in [0.15, 0.2) is 0 Å². The van der Waals surface area contributed by atoms with Crippen LogP contribution in [-0.4, -0.2) is 28.7 Å². The highest BCUT2D eigenvalue weighted by Crippen LogP contribution is 2.26. The summed E-state index contributed by atoms with van der Waals surface area (Å²) in [5, 5.41) is 17.8. The Balaban J connectivity index is 2.74. The zero-order valence-electron chi connectivity index (χ0n) is 8.19. The van der Waals surface area contributed by atoms with Crippen LogP contribution < -0.4 is 5.73 Å². The number of hydrogen-bond donors (Lipinski definition) is 3. The molecule has 0 spiro atoms. The second-order valence-corrected chi connectivity index (χ2v) is 4.11. The lowest BCUT2D eigenvalue weighted by atomic mass is 10.2. The summed E-state index contributed by atoms with van der Waals surface area (Å²) in [6.45, 7) is -0.0608. The predicted molar refractivity (Wildman–Crippen MR) is 58.1 cm³/mol. The smallest absolute Gasteiger partial charge is 0.137 e. The topological polar surface area (TPSA) is 66.5 Å². The first-order chi connectivity index (χ1) is 7.19. The predicted octanol–water partition coefficient (Wildman–Crippen LogP) is 0.730. The van der Waals surface area contributed by atoms with E-state index in [0.717, 1.165) is 0 Å². The van der Waals surface area contributed by atoms with E-state index in [1.165, 1.54) is 17.8 Å². The summed E-state index contributed by atoms with van der Waals surface area (Å²) >= 11 is 1.17. The maximum atomic E-state index is 13.4. The molecule has 0 amide bonds. The molecule has 1 atom stereocenters. The van der Waals surface area contributed by atoms with Crippen molar-refractivity contribution in [3.05, 3.63) is 29.6 Å². The Labute approximate surface area is 92.1 Å². The number of hydrogen-bond acceptors (Lipinski definition) is 4. The lowest BCUT2D eigenvalue weighted by molar-refractivity contribution is 0.113. The lowest BCUT2D eigenvalue weighted by Gasteiger charge is -2.10. The molecular weight excluding hydrogens is 217 g/mol. The SMILES string of the molecule is NCc1cccc(F)c1SCC(O)CO. The Bertz CT molecular complexity index is 322. The van der Waals surface area contributed by atoms with Gasteiger partial charge >= 0.3 is 0 Å². The van der Waals surface area contributed by atoms with E-state index in [0.29, 0.717) is 10.5 Å². The number of thioether (sulfide) groups is 1. The fourth-order valence-electron chi connectivity index (χ4n) is 1.11. The molecule has 1 aromatic rings. The number of rotatable bonds is 5. The van der Waals surface area contributed by atoms with Gasteiger partial charge in [0.1, 0.15) is 5.82 Å². The quantitative estimate of drug-likeness (QED) is 0.654. The van der Waals surface area contributed by atoms with Gasteiger partial charge < -0.3 is 15.9 Å². The third kappa shape index (κ3) is 3.46. The van der Waals surface area contributed by atoms with Gasteiger partial charge in [0, 0.05) is 17.2 Å².